The first-order valence-electron chi connectivity index (χ1n) is 8.76. The van der Waals surface area contributed by atoms with Crippen LogP contribution >= 0.6 is 0 Å². The summed E-state index contributed by atoms with van der Waals surface area (Å²) in [5.74, 6) is -2.17. The molecule has 2 aliphatic rings. The molecule has 0 spiro atoms. The molecule has 0 radical (unpaired) electrons. The van der Waals surface area contributed by atoms with E-state index in [1.54, 1.807) is 0 Å². The van der Waals surface area contributed by atoms with E-state index >= 15 is 0 Å². The molecule has 1 aliphatic carbocycles. The van der Waals surface area contributed by atoms with Gasteiger partial charge < -0.3 is 15.7 Å². The summed E-state index contributed by atoms with van der Waals surface area (Å²) in [6, 6.07) is 2.71. The molecule has 0 bridgehead atoms. The highest BCUT2D eigenvalue weighted by Gasteiger charge is 2.35. The Hall–Kier alpha value is -2.48. The van der Waals surface area contributed by atoms with E-state index < -0.39 is 17.7 Å². The number of hydrogen-bond acceptors (Lipinski definition) is 4. The van der Waals surface area contributed by atoms with Gasteiger partial charge in [0.25, 0.3) is 5.91 Å². The van der Waals surface area contributed by atoms with Crippen LogP contribution < -0.4 is 10.6 Å². The number of anilines is 1. The minimum Gasteiger partial charge on any atom is -0.480 e. The fraction of sp³-hybridized carbons (Fsp3) is 0.500. The molecule has 1 aromatic rings. The SMILES string of the molecule is CCN(CC(=O)O)C1CC(NC(=O)c2cc3c(cc2F)NC(=O)CC3)C1. The molecule has 2 amide bonds. The van der Waals surface area contributed by atoms with Crippen molar-refractivity contribution in [3.8, 4) is 0 Å². The molecule has 0 unspecified atom stereocenters. The highest BCUT2D eigenvalue weighted by Crippen LogP contribution is 2.28. The zero-order valence-electron chi connectivity index (χ0n) is 14.5. The Labute approximate surface area is 150 Å². The van der Waals surface area contributed by atoms with Gasteiger partial charge in [-0.2, -0.15) is 0 Å². The van der Waals surface area contributed by atoms with Crippen molar-refractivity contribution in [3.63, 3.8) is 0 Å². The van der Waals surface area contributed by atoms with E-state index in [2.05, 4.69) is 10.6 Å². The quantitative estimate of drug-likeness (QED) is 0.709. The average Bonchev–Trinajstić information content (AvgIpc) is 2.54. The van der Waals surface area contributed by atoms with Crippen molar-refractivity contribution in [2.75, 3.05) is 18.4 Å². The lowest BCUT2D eigenvalue weighted by molar-refractivity contribution is -0.139. The Morgan fingerprint density at radius 2 is 2.08 bits per heavy atom. The predicted molar refractivity (Wildman–Crippen MR) is 92.5 cm³/mol. The van der Waals surface area contributed by atoms with Gasteiger partial charge >= 0.3 is 5.97 Å². The normalized spacial score (nSPS) is 21.6. The number of aryl methyl sites for hydroxylation is 1. The number of carboxylic acids is 1. The van der Waals surface area contributed by atoms with Gasteiger partial charge in [-0.25, -0.2) is 4.39 Å². The molecule has 7 nitrogen and oxygen atoms in total. The molecule has 1 aromatic carbocycles. The van der Waals surface area contributed by atoms with E-state index in [0.29, 0.717) is 37.9 Å². The van der Waals surface area contributed by atoms with Crippen molar-refractivity contribution >= 4 is 23.5 Å². The van der Waals surface area contributed by atoms with E-state index in [-0.39, 0.29) is 30.1 Å². The second-order valence-corrected chi connectivity index (χ2v) is 6.79. The van der Waals surface area contributed by atoms with Crippen LogP contribution in [0.15, 0.2) is 12.1 Å². The minimum atomic E-state index is -0.873. The predicted octanol–water partition coefficient (Wildman–Crippen LogP) is 1.38. The third-order valence-electron chi connectivity index (χ3n) is 5.04. The van der Waals surface area contributed by atoms with Gasteiger partial charge in [0.2, 0.25) is 5.91 Å². The van der Waals surface area contributed by atoms with Crippen molar-refractivity contribution in [3.05, 3.63) is 29.1 Å². The van der Waals surface area contributed by atoms with Gasteiger partial charge in [0.1, 0.15) is 5.82 Å². The van der Waals surface area contributed by atoms with Crippen molar-refractivity contribution < 1.29 is 23.9 Å². The van der Waals surface area contributed by atoms with Crippen molar-refractivity contribution in [1.82, 2.24) is 10.2 Å². The third kappa shape index (κ3) is 3.85. The molecule has 1 aliphatic heterocycles. The Bertz CT molecular complexity index is 746. The van der Waals surface area contributed by atoms with Gasteiger partial charge in [-0.3, -0.25) is 19.3 Å². The number of benzene rings is 1. The van der Waals surface area contributed by atoms with Gasteiger partial charge in [-0.15, -0.1) is 0 Å². The number of carbonyl (C=O) groups is 3. The van der Waals surface area contributed by atoms with E-state index in [1.165, 1.54) is 12.1 Å². The molecule has 8 heteroatoms. The summed E-state index contributed by atoms with van der Waals surface area (Å²) >= 11 is 0. The zero-order chi connectivity index (χ0) is 18.8. The molecule has 1 fully saturated rings. The molecule has 3 rings (SSSR count). The number of nitrogens with one attached hydrogen (secondary N) is 2. The second-order valence-electron chi connectivity index (χ2n) is 6.79. The number of halogens is 1. The lowest BCUT2D eigenvalue weighted by Crippen LogP contribution is -2.54. The highest BCUT2D eigenvalue weighted by molar-refractivity contribution is 5.98. The Balaban J connectivity index is 1.60. The second kappa shape index (κ2) is 7.41. The van der Waals surface area contributed by atoms with E-state index in [0.717, 1.165) is 5.56 Å². The molecular weight excluding hydrogens is 341 g/mol. The number of amides is 2. The Morgan fingerprint density at radius 3 is 2.73 bits per heavy atom. The first-order chi connectivity index (χ1) is 12.4. The number of fused-ring (bicyclic) bond motifs is 1. The lowest BCUT2D eigenvalue weighted by atomic mass is 9.85. The van der Waals surface area contributed by atoms with Gasteiger partial charge in [0, 0.05) is 24.2 Å². The van der Waals surface area contributed by atoms with E-state index in [4.69, 9.17) is 5.11 Å². The molecule has 1 heterocycles. The summed E-state index contributed by atoms with van der Waals surface area (Å²) in [6.07, 6.45) is 2.10. The molecule has 0 atom stereocenters. The standard InChI is InChI=1S/C18H22FN3O4/c1-2-22(9-17(24)25)12-6-11(7-12)20-18(26)13-5-10-3-4-16(23)21-15(10)8-14(13)19/h5,8,11-12H,2-4,6-7,9H2,1H3,(H,20,26)(H,21,23)(H,24,25). The summed E-state index contributed by atoms with van der Waals surface area (Å²) in [7, 11) is 0. The van der Waals surface area contributed by atoms with Crippen LogP contribution in [0.5, 0.6) is 0 Å². The summed E-state index contributed by atoms with van der Waals surface area (Å²) in [5.41, 5.74) is 1.15. The highest BCUT2D eigenvalue weighted by atomic mass is 19.1. The molecule has 26 heavy (non-hydrogen) atoms. The molecular formula is C18H22FN3O4. The van der Waals surface area contributed by atoms with Crippen molar-refractivity contribution in [2.24, 2.45) is 0 Å². The van der Waals surface area contributed by atoms with E-state index in [1.807, 2.05) is 11.8 Å². The molecule has 0 aromatic heterocycles. The van der Waals surface area contributed by atoms with Crippen LogP contribution in [0.4, 0.5) is 10.1 Å². The molecule has 3 N–H and O–H groups in total. The van der Waals surface area contributed by atoms with Crippen LogP contribution in [0.2, 0.25) is 0 Å². The van der Waals surface area contributed by atoms with Crippen LogP contribution in [0.25, 0.3) is 0 Å². The van der Waals surface area contributed by atoms with Gasteiger partial charge in [-0.1, -0.05) is 6.92 Å². The van der Waals surface area contributed by atoms with Crippen molar-refractivity contribution in [2.45, 2.75) is 44.7 Å². The summed E-state index contributed by atoms with van der Waals surface area (Å²) in [6.45, 7) is 2.51. The van der Waals surface area contributed by atoms with Gasteiger partial charge in [0.05, 0.1) is 12.1 Å². The molecule has 140 valence electrons. The van der Waals surface area contributed by atoms with Crippen LogP contribution in [0, 0.1) is 5.82 Å². The van der Waals surface area contributed by atoms with E-state index in [9.17, 15) is 18.8 Å². The monoisotopic (exact) mass is 363 g/mol. The number of likely N-dealkylation sites (N-methyl/N-ethyl adjacent to an activating group) is 1. The summed E-state index contributed by atoms with van der Waals surface area (Å²) in [4.78, 5) is 36.5. The minimum absolute atomic E-state index is 0.0208. The summed E-state index contributed by atoms with van der Waals surface area (Å²) in [5, 5.41) is 14.3. The maximum atomic E-state index is 14.2. The number of hydrogen-bond donors (Lipinski definition) is 3. The lowest BCUT2D eigenvalue weighted by Gasteiger charge is -2.42. The Morgan fingerprint density at radius 1 is 1.35 bits per heavy atom. The number of carboxylic acid groups (broad SMARTS) is 1. The number of rotatable bonds is 6. The topological polar surface area (TPSA) is 98.7 Å². The first-order valence-corrected chi connectivity index (χ1v) is 8.76. The average molecular weight is 363 g/mol. The zero-order valence-corrected chi connectivity index (χ0v) is 14.5. The van der Waals surface area contributed by atoms with Crippen LogP contribution in [-0.2, 0) is 16.0 Å². The van der Waals surface area contributed by atoms with Crippen LogP contribution in [-0.4, -0.2) is 53.0 Å². The number of nitrogens with zero attached hydrogens (tertiary/aromatic N) is 1. The summed E-state index contributed by atoms with van der Waals surface area (Å²) < 4.78 is 14.2. The molecule has 0 saturated heterocycles. The number of carbonyl (C=O) groups excluding carboxylic acids is 2. The fourth-order valence-corrected chi connectivity index (χ4v) is 3.52. The molecule has 1 saturated carbocycles. The maximum absolute atomic E-state index is 14.2. The van der Waals surface area contributed by atoms with Gasteiger partial charge in [-0.05, 0) is 43.5 Å². The first kappa shape index (κ1) is 18.3. The smallest absolute Gasteiger partial charge is 0.317 e. The number of aliphatic carboxylic acids is 1. The third-order valence-corrected chi connectivity index (χ3v) is 5.04. The van der Waals surface area contributed by atoms with Gasteiger partial charge in [0.15, 0.2) is 0 Å². The van der Waals surface area contributed by atoms with Crippen LogP contribution in [0.3, 0.4) is 0 Å². The largest absolute Gasteiger partial charge is 0.480 e. The fourth-order valence-electron chi connectivity index (χ4n) is 3.52. The van der Waals surface area contributed by atoms with Crippen LogP contribution in [0.1, 0.15) is 42.1 Å². The van der Waals surface area contributed by atoms with Crippen molar-refractivity contribution in [1.29, 1.82) is 0 Å². The maximum Gasteiger partial charge on any atom is 0.317 e. The Kier molecular flexibility index (Phi) is 5.22.